The molecule has 4 aromatic rings. The molecule has 0 aliphatic rings. The number of nitrogens with zero attached hydrogens (tertiary/aromatic N) is 3. The van der Waals surface area contributed by atoms with Crippen LogP contribution in [0.1, 0.15) is 21.5 Å². The van der Waals surface area contributed by atoms with Crippen molar-refractivity contribution in [1.82, 2.24) is 15.6 Å². The highest BCUT2D eigenvalue weighted by atomic mass is 32.2. The number of carbonyl (C=O) groups excluding carboxylic acids is 2. The van der Waals surface area contributed by atoms with Gasteiger partial charge in [-0.05, 0) is 43.0 Å². The number of rotatable bonds is 8. The smallest absolute Gasteiger partial charge is 0.342 e. The molecule has 4 rings (SSSR count). The molecule has 0 aliphatic heterocycles. The fraction of sp³-hybridized carbons (Fsp3) is 0.0800. The van der Waals surface area contributed by atoms with Gasteiger partial charge < -0.3 is 9.90 Å². The monoisotopic (exact) mass is 471 g/mol. The molecule has 0 fully saturated rings. The Labute approximate surface area is 200 Å². The molecular formula is C25H21N5O3S. The zero-order valence-electron chi connectivity index (χ0n) is 18.3. The van der Waals surface area contributed by atoms with Crippen LogP contribution in [0.4, 0.5) is 0 Å². The molecule has 1 amide bonds. The number of aryl methyl sites for hydroxylation is 1. The molecule has 0 radical (unpaired) electrons. The van der Waals surface area contributed by atoms with Crippen LogP contribution in [0.5, 0.6) is 0 Å². The van der Waals surface area contributed by atoms with Crippen molar-refractivity contribution >= 4 is 29.9 Å². The van der Waals surface area contributed by atoms with Crippen molar-refractivity contribution in [2.24, 2.45) is 5.10 Å². The average molecular weight is 472 g/mol. The fourth-order valence-corrected chi connectivity index (χ4v) is 4.01. The van der Waals surface area contributed by atoms with Gasteiger partial charge in [0.1, 0.15) is 5.69 Å². The lowest BCUT2D eigenvalue weighted by atomic mass is 10.1. The quantitative estimate of drug-likeness (QED) is 0.177. The zero-order chi connectivity index (χ0) is 23.9. The summed E-state index contributed by atoms with van der Waals surface area (Å²) < 4.78 is 1.96. The highest BCUT2D eigenvalue weighted by Gasteiger charge is 2.24. The van der Waals surface area contributed by atoms with Crippen LogP contribution in [0.15, 0.2) is 89.1 Å². The number of H-pyrrole nitrogens is 1. The molecule has 0 bridgehead atoms. The number of carboxylic acids is 1. The van der Waals surface area contributed by atoms with Gasteiger partial charge in [-0.1, -0.05) is 60.2 Å². The van der Waals surface area contributed by atoms with Crippen LogP contribution in [-0.2, 0) is 4.79 Å². The third-order valence-corrected chi connectivity index (χ3v) is 5.86. The van der Waals surface area contributed by atoms with E-state index in [1.165, 1.54) is 24.0 Å². The van der Waals surface area contributed by atoms with Crippen LogP contribution in [0.25, 0.3) is 17.1 Å². The molecule has 0 aliphatic carbocycles. The van der Waals surface area contributed by atoms with Crippen molar-refractivity contribution in [3.63, 3.8) is 0 Å². The molecule has 170 valence electrons. The first kappa shape index (κ1) is 22.9. The minimum atomic E-state index is -1.31. The van der Waals surface area contributed by atoms with Gasteiger partial charge in [-0.15, -0.1) is 5.10 Å². The first-order chi connectivity index (χ1) is 16.5. The predicted octanol–water partition coefficient (Wildman–Crippen LogP) is 2.27. The van der Waals surface area contributed by atoms with E-state index in [1.54, 1.807) is 18.2 Å². The lowest BCUT2D eigenvalue weighted by Gasteiger charge is -2.06. The molecule has 3 aromatic carbocycles. The number of hydrazone groups is 1. The van der Waals surface area contributed by atoms with Crippen LogP contribution in [0.2, 0.25) is 0 Å². The third kappa shape index (κ3) is 5.38. The maximum absolute atomic E-state index is 12.4. The summed E-state index contributed by atoms with van der Waals surface area (Å²) in [7, 11) is 0. The number of aromatic carboxylic acids is 1. The van der Waals surface area contributed by atoms with E-state index in [4.69, 9.17) is 0 Å². The zero-order valence-corrected chi connectivity index (χ0v) is 19.1. The summed E-state index contributed by atoms with van der Waals surface area (Å²) >= 11 is 1.25. The van der Waals surface area contributed by atoms with Gasteiger partial charge in [0, 0.05) is 11.1 Å². The maximum atomic E-state index is 12.4. The van der Waals surface area contributed by atoms with Crippen molar-refractivity contribution < 1.29 is 19.3 Å². The second-order valence-electron chi connectivity index (χ2n) is 7.35. The van der Waals surface area contributed by atoms with Crippen molar-refractivity contribution in [3.8, 4) is 17.1 Å². The summed E-state index contributed by atoms with van der Waals surface area (Å²) in [6.07, 6.45) is 1.28. The molecular weight excluding hydrogens is 450 g/mol. The van der Waals surface area contributed by atoms with Gasteiger partial charge >= 0.3 is 5.16 Å². The number of benzene rings is 3. The van der Waals surface area contributed by atoms with E-state index in [0.717, 1.165) is 22.6 Å². The van der Waals surface area contributed by atoms with Gasteiger partial charge in [0.15, 0.2) is 0 Å². The third-order valence-electron chi connectivity index (χ3n) is 4.92. The summed E-state index contributed by atoms with van der Waals surface area (Å²) in [4.78, 5) is 23.5. The molecule has 1 heterocycles. The Morgan fingerprint density at radius 3 is 2.50 bits per heavy atom. The second-order valence-corrected chi connectivity index (χ2v) is 8.29. The second kappa shape index (κ2) is 10.6. The number of carbonyl (C=O) groups is 2. The lowest BCUT2D eigenvalue weighted by molar-refractivity contribution is -0.625. The Balaban J connectivity index is 1.50. The van der Waals surface area contributed by atoms with Gasteiger partial charge in [0.2, 0.25) is 0 Å². The molecule has 2 N–H and O–H groups in total. The standard InChI is InChI=1S/C25H21N5O3S/c1-17-11-13-20(14-12-17)30-23(18-7-3-2-4-8-18)28-29-25(30)34-16-22(31)27-26-15-19-9-5-6-10-21(19)24(32)33/h2-15H,16H2,1H3,(H2,27,31,32,33)/b26-15+. The summed E-state index contributed by atoms with van der Waals surface area (Å²) in [5.41, 5.74) is 5.78. The van der Waals surface area contributed by atoms with E-state index >= 15 is 0 Å². The van der Waals surface area contributed by atoms with E-state index in [1.807, 2.05) is 66.1 Å². The van der Waals surface area contributed by atoms with Crippen LogP contribution >= 0.6 is 11.8 Å². The van der Waals surface area contributed by atoms with Crippen molar-refractivity contribution in [2.75, 3.05) is 5.75 Å². The molecule has 0 saturated heterocycles. The predicted molar refractivity (Wildman–Crippen MR) is 128 cm³/mol. The Morgan fingerprint density at radius 2 is 1.76 bits per heavy atom. The van der Waals surface area contributed by atoms with E-state index in [9.17, 15) is 14.7 Å². The number of thioether (sulfide) groups is 1. The first-order valence-electron chi connectivity index (χ1n) is 10.4. The Morgan fingerprint density at radius 1 is 1.06 bits per heavy atom. The summed E-state index contributed by atoms with van der Waals surface area (Å²) in [5.74, 6) is -0.807. The minimum absolute atomic E-state index is 0.000947. The van der Waals surface area contributed by atoms with Gasteiger partial charge in [0.05, 0.1) is 28.6 Å². The van der Waals surface area contributed by atoms with Gasteiger partial charge in [0.25, 0.3) is 11.7 Å². The van der Waals surface area contributed by atoms with Crippen LogP contribution in [0.3, 0.4) is 0 Å². The van der Waals surface area contributed by atoms with E-state index < -0.39 is 5.97 Å². The number of aromatic amines is 1. The largest absolute Gasteiger partial charge is 0.545 e. The average Bonchev–Trinajstić information content (AvgIpc) is 3.28. The Hall–Kier alpha value is -4.24. The van der Waals surface area contributed by atoms with E-state index in [-0.39, 0.29) is 17.2 Å². The Kier molecular flexibility index (Phi) is 7.14. The number of amides is 1. The Bertz CT molecular complexity index is 1330. The molecule has 0 unspecified atom stereocenters. The number of carboxylic acid groups (broad SMARTS) is 1. The maximum Gasteiger partial charge on any atom is 0.342 e. The number of hydrogen-bond acceptors (Lipinski definition) is 6. The first-order valence-corrected chi connectivity index (χ1v) is 11.4. The summed E-state index contributed by atoms with van der Waals surface area (Å²) in [5, 5.41) is 23.2. The minimum Gasteiger partial charge on any atom is -0.545 e. The molecule has 9 heteroatoms. The van der Waals surface area contributed by atoms with Crippen molar-refractivity contribution in [2.45, 2.75) is 12.1 Å². The van der Waals surface area contributed by atoms with Crippen molar-refractivity contribution in [3.05, 3.63) is 95.6 Å². The topological polar surface area (TPSA) is 114 Å². The normalized spacial score (nSPS) is 11.0. The highest BCUT2D eigenvalue weighted by molar-refractivity contribution is 7.99. The molecule has 0 saturated carbocycles. The van der Waals surface area contributed by atoms with Gasteiger partial charge in [-0.25, -0.2) is 5.43 Å². The molecule has 0 spiro atoms. The van der Waals surface area contributed by atoms with Crippen LogP contribution < -0.4 is 15.1 Å². The van der Waals surface area contributed by atoms with Gasteiger partial charge in [-0.2, -0.15) is 9.67 Å². The van der Waals surface area contributed by atoms with Crippen LogP contribution in [0, 0.1) is 6.92 Å². The SMILES string of the molecule is Cc1ccc(-[n+]2c(SCC(=O)N/N=C/c3ccccc3C(=O)[O-])n[nH]c2-c2ccccc2)cc1. The lowest BCUT2D eigenvalue weighted by Crippen LogP contribution is -2.34. The number of hydrogen-bond donors (Lipinski definition) is 2. The summed E-state index contributed by atoms with van der Waals surface area (Å²) in [6, 6.07) is 24.1. The molecule has 34 heavy (non-hydrogen) atoms. The van der Waals surface area contributed by atoms with Crippen LogP contribution in [-0.4, -0.2) is 34.0 Å². The fourth-order valence-electron chi connectivity index (χ4n) is 3.25. The molecule has 8 nitrogen and oxygen atoms in total. The number of nitrogens with one attached hydrogen (secondary N) is 2. The molecule has 0 atom stereocenters. The summed E-state index contributed by atoms with van der Waals surface area (Å²) in [6.45, 7) is 2.02. The van der Waals surface area contributed by atoms with E-state index in [2.05, 4.69) is 20.7 Å². The van der Waals surface area contributed by atoms with E-state index in [0.29, 0.717) is 10.7 Å². The molecule has 1 aromatic heterocycles. The van der Waals surface area contributed by atoms with Gasteiger partial charge in [-0.3, -0.25) is 4.79 Å². The number of aromatic nitrogens is 3. The van der Waals surface area contributed by atoms with Crippen molar-refractivity contribution in [1.29, 1.82) is 0 Å². The highest BCUT2D eigenvalue weighted by Crippen LogP contribution is 2.20.